The molecule has 0 aliphatic heterocycles. The molecule has 3 aromatic rings. The zero-order valence-electron chi connectivity index (χ0n) is 9.08. The largest absolute Gasteiger partial charge is 0.368 e. The van der Waals surface area contributed by atoms with Crippen molar-refractivity contribution >= 4 is 28.7 Å². The van der Waals surface area contributed by atoms with Crippen LogP contribution in [0, 0.1) is 0 Å². The lowest BCUT2D eigenvalue weighted by Crippen LogP contribution is -2.03. The number of aromatic amines is 1. The highest BCUT2D eigenvalue weighted by molar-refractivity contribution is 7.98. The van der Waals surface area contributed by atoms with Crippen molar-refractivity contribution in [2.75, 3.05) is 12.0 Å². The maximum atomic E-state index is 5.79. The normalized spacial score (nSPS) is 11.1. The van der Waals surface area contributed by atoms with E-state index in [4.69, 9.17) is 5.73 Å². The fraction of sp³-hybridized carbons (Fsp3) is 0.100. The second-order valence-electron chi connectivity index (χ2n) is 3.45. The number of nitrogen functional groups attached to an aromatic ring is 1. The number of aromatic nitrogens is 5. The minimum atomic E-state index is 0.327. The van der Waals surface area contributed by atoms with Crippen LogP contribution >= 0.6 is 11.8 Å². The zero-order valence-corrected chi connectivity index (χ0v) is 9.90. The summed E-state index contributed by atoms with van der Waals surface area (Å²) in [5.74, 6) is 0.907. The van der Waals surface area contributed by atoms with E-state index in [0.717, 1.165) is 11.0 Å². The van der Waals surface area contributed by atoms with E-state index in [1.807, 2.05) is 30.5 Å². The van der Waals surface area contributed by atoms with Gasteiger partial charge in [-0.15, -0.1) is 5.10 Å². The molecule has 0 atom stereocenters. The molecular formula is C10H10N6S. The molecule has 6 nitrogen and oxygen atoms in total. The molecule has 7 heteroatoms. The van der Waals surface area contributed by atoms with Crippen LogP contribution in [-0.4, -0.2) is 31.0 Å². The van der Waals surface area contributed by atoms with Gasteiger partial charge in [-0.25, -0.2) is 4.98 Å². The van der Waals surface area contributed by atoms with Gasteiger partial charge in [0, 0.05) is 0 Å². The molecule has 0 spiro atoms. The Morgan fingerprint density at radius 3 is 2.82 bits per heavy atom. The van der Waals surface area contributed by atoms with E-state index in [-0.39, 0.29) is 0 Å². The van der Waals surface area contributed by atoms with Crippen LogP contribution in [0.1, 0.15) is 0 Å². The summed E-state index contributed by atoms with van der Waals surface area (Å²) >= 11 is 1.44. The lowest BCUT2D eigenvalue weighted by atomic mass is 10.3. The summed E-state index contributed by atoms with van der Waals surface area (Å²) in [6.45, 7) is 0. The molecule has 86 valence electrons. The summed E-state index contributed by atoms with van der Waals surface area (Å²) < 4.78 is 1.51. The van der Waals surface area contributed by atoms with Crippen LogP contribution in [0.5, 0.6) is 0 Å². The maximum absolute atomic E-state index is 5.79. The van der Waals surface area contributed by atoms with Crippen LogP contribution in [0.25, 0.3) is 17.0 Å². The van der Waals surface area contributed by atoms with E-state index in [0.29, 0.717) is 17.1 Å². The summed E-state index contributed by atoms with van der Waals surface area (Å²) in [6.07, 6.45) is 1.90. The molecule has 0 amide bonds. The zero-order chi connectivity index (χ0) is 11.8. The van der Waals surface area contributed by atoms with Gasteiger partial charge in [0.15, 0.2) is 0 Å². The van der Waals surface area contributed by atoms with E-state index in [1.54, 1.807) is 0 Å². The molecule has 0 saturated carbocycles. The van der Waals surface area contributed by atoms with Crippen LogP contribution < -0.4 is 5.73 Å². The van der Waals surface area contributed by atoms with Gasteiger partial charge in [-0.05, 0) is 18.4 Å². The average molecular weight is 246 g/mol. The van der Waals surface area contributed by atoms with Crippen molar-refractivity contribution in [1.29, 1.82) is 0 Å². The molecule has 0 aliphatic carbocycles. The predicted molar refractivity (Wildman–Crippen MR) is 67.2 cm³/mol. The number of para-hydroxylation sites is 2. The third-order valence-corrected chi connectivity index (χ3v) is 2.91. The molecule has 3 N–H and O–H groups in total. The highest BCUT2D eigenvalue weighted by Gasteiger charge is 2.11. The van der Waals surface area contributed by atoms with Crippen molar-refractivity contribution < 1.29 is 0 Å². The Morgan fingerprint density at radius 1 is 1.29 bits per heavy atom. The Morgan fingerprint density at radius 2 is 2.12 bits per heavy atom. The first-order valence-electron chi connectivity index (χ1n) is 4.99. The van der Waals surface area contributed by atoms with Gasteiger partial charge in [-0.1, -0.05) is 23.9 Å². The maximum Gasteiger partial charge on any atom is 0.232 e. The van der Waals surface area contributed by atoms with E-state index in [9.17, 15) is 0 Å². The molecule has 2 heterocycles. The summed E-state index contributed by atoms with van der Waals surface area (Å²) in [5, 5.41) is 4.87. The number of benzene rings is 1. The fourth-order valence-corrected chi connectivity index (χ4v) is 1.93. The van der Waals surface area contributed by atoms with Crippen molar-refractivity contribution in [3.05, 3.63) is 24.3 Å². The number of fused-ring (bicyclic) bond motifs is 1. The lowest BCUT2D eigenvalue weighted by Gasteiger charge is -1.94. The minimum absolute atomic E-state index is 0.327. The molecule has 0 saturated heterocycles. The number of imidazole rings is 1. The number of hydrogen-bond donors (Lipinski definition) is 2. The van der Waals surface area contributed by atoms with Crippen molar-refractivity contribution in [1.82, 2.24) is 24.7 Å². The van der Waals surface area contributed by atoms with E-state index >= 15 is 0 Å². The third-order valence-electron chi connectivity index (χ3n) is 2.37. The first-order chi connectivity index (χ1) is 8.28. The number of nitrogens with two attached hydrogens (primary N) is 1. The van der Waals surface area contributed by atoms with Crippen molar-refractivity contribution in [3.8, 4) is 5.95 Å². The summed E-state index contributed by atoms with van der Waals surface area (Å²) in [6, 6.07) is 7.76. The van der Waals surface area contributed by atoms with Crippen LogP contribution in [0.2, 0.25) is 0 Å². The second kappa shape index (κ2) is 3.77. The number of anilines is 1. The predicted octanol–water partition coefficient (Wildman–Crippen LogP) is 1.45. The molecule has 1 aromatic carbocycles. The molecule has 3 rings (SSSR count). The smallest absolute Gasteiger partial charge is 0.232 e. The van der Waals surface area contributed by atoms with Gasteiger partial charge in [0.1, 0.15) is 0 Å². The van der Waals surface area contributed by atoms with Gasteiger partial charge >= 0.3 is 0 Å². The van der Waals surface area contributed by atoms with E-state index < -0.39 is 0 Å². The second-order valence-corrected chi connectivity index (χ2v) is 4.22. The number of H-pyrrole nitrogens is 1. The summed E-state index contributed by atoms with van der Waals surface area (Å²) in [7, 11) is 0. The van der Waals surface area contributed by atoms with Crippen molar-refractivity contribution in [3.63, 3.8) is 0 Å². The number of rotatable bonds is 2. The Hall–Kier alpha value is -2.02. The van der Waals surface area contributed by atoms with Gasteiger partial charge < -0.3 is 10.7 Å². The number of nitrogens with zero attached hydrogens (tertiary/aromatic N) is 4. The Labute approximate surface area is 101 Å². The highest BCUT2D eigenvalue weighted by atomic mass is 32.2. The van der Waals surface area contributed by atoms with Crippen LogP contribution in [0.3, 0.4) is 0 Å². The van der Waals surface area contributed by atoms with E-state index in [1.165, 1.54) is 16.4 Å². The molecule has 0 aliphatic rings. The first-order valence-corrected chi connectivity index (χ1v) is 6.22. The highest BCUT2D eigenvalue weighted by Crippen LogP contribution is 2.17. The Balaban J connectivity index is 2.16. The molecule has 0 bridgehead atoms. The molecule has 2 aromatic heterocycles. The molecule has 17 heavy (non-hydrogen) atoms. The van der Waals surface area contributed by atoms with Gasteiger partial charge in [-0.3, -0.25) is 0 Å². The third kappa shape index (κ3) is 1.64. The van der Waals surface area contributed by atoms with Crippen LogP contribution in [-0.2, 0) is 0 Å². The van der Waals surface area contributed by atoms with Gasteiger partial charge in [0.2, 0.25) is 17.1 Å². The van der Waals surface area contributed by atoms with Gasteiger partial charge in [0.05, 0.1) is 11.0 Å². The molecular weight excluding hydrogens is 236 g/mol. The monoisotopic (exact) mass is 246 g/mol. The van der Waals surface area contributed by atoms with Crippen LogP contribution in [0.4, 0.5) is 5.95 Å². The summed E-state index contributed by atoms with van der Waals surface area (Å²) in [5.41, 5.74) is 7.61. The van der Waals surface area contributed by atoms with Gasteiger partial charge in [0.25, 0.3) is 0 Å². The average Bonchev–Trinajstić information content (AvgIpc) is 2.91. The van der Waals surface area contributed by atoms with E-state index in [2.05, 4.69) is 20.1 Å². The topological polar surface area (TPSA) is 85.4 Å². The SMILES string of the molecule is CSc1nc(N)n(-c2nc3ccccc3[nH]2)n1. The number of hydrogen-bond acceptors (Lipinski definition) is 5. The fourth-order valence-electron chi connectivity index (χ4n) is 1.59. The first kappa shape index (κ1) is 10.2. The molecule has 0 unspecified atom stereocenters. The lowest BCUT2D eigenvalue weighted by molar-refractivity contribution is 0.802. The standard InChI is InChI=1S/C10H10N6S/c1-17-10-14-8(11)16(15-10)9-12-6-4-2-3-5-7(6)13-9/h2-5H,1H3,(H,12,13)(H2,11,14,15). The number of nitrogens with one attached hydrogen (secondary N) is 1. The Kier molecular flexibility index (Phi) is 2.25. The van der Waals surface area contributed by atoms with Crippen LogP contribution in [0.15, 0.2) is 29.4 Å². The number of thioether (sulfide) groups is 1. The quantitative estimate of drug-likeness (QED) is 0.668. The summed E-state index contributed by atoms with van der Waals surface area (Å²) in [4.78, 5) is 11.7. The van der Waals surface area contributed by atoms with Crippen molar-refractivity contribution in [2.24, 2.45) is 0 Å². The van der Waals surface area contributed by atoms with Crippen molar-refractivity contribution in [2.45, 2.75) is 5.16 Å². The Bertz CT molecular complexity index is 637. The minimum Gasteiger partial charge on any atom is -0.368 e. The molecule has 0 radical (unpaired) electrons. The molecule has 0 fully saturated rings. The van der Waals surface area contributed by atoms with Gasteiger partial charge in [-0.2, -0.15) is 9.67 Å².